The van der Waals surface area contributed by atoms with Crippen molar-refractivity contribution >= 4 is 41.8 Å². The largest absolute Gasteiger partial charge is 0.465 e. The van der Waals surface area contributed by atoms with E-state index in [9.17, 15) is 33.6 Å². The minimum Gasteiger partial charge on any atom is -0.465 e. The van der Waals surface area contributed by atoms with E-state index in [2.05, 4.69) is 0 Å². The average molecular weight is 545 g/mol. The van der Waals surface area contributed by atoms with Crippen molar-refractivity contribution in [1.29, 1.82) is 0 Å². The maximum atomic E-state index is 12.2. The van der Waals surface area contributed by atoms with Gasteiger partial charge in [-0.3, -0.25) is 33.6 Å². The average Bonchev–Trinajstić information content (AvgIpc) is 3.00. The molecule has 2 rings (SSSR count). The molecule has 0 amide bonds. The van der Waals surface area contributed by atoms with Crippen LogP contribution in [-0.4, -0.2) is 85.0 Å². The molecule has 14 nitrogen and oxygen atoms in total. The van der Waals surface area contributed by atoms with E-state index in [1.807, 2.05) is 0 Å². The highest BCUT2D eigenvalue weighted by Crippen LogP contribution is 2.52. The number of hydrogen-bond donors (Lipinski definition) is 0. The summed E-state index contributed by atoms with van der Waals surface area (Å²) >= 11 is 0. The van der Waals surface area contributed by atoms with Crippen molar-refractivity contribution in [3.63, 3.8) is 0 Å². The first kappa shape index (κ1) is 30.5. The standard InChI is InChI=1S/C24H32O14/c1-9(25)32-8-16-17-18(21(35-12(4)28)23(37-14(6)30)19(16)33-10(2)26)22(36-13(5)29)24(38-15(7)31)20(17)34-11(3)27/h16-24H,8H2,1-7H3/t16-,17-,18-,19-,20+,21+,22-,23-,24+/m0/s1. The van der Waals surface area contributed by atoms with E-state index in [4.69, 9.17) is 33.2 Å². The first-order valence-electron chi connectivity index (χ1n) is 11.8. The fourth-order valence-electron chi connectivity index (χ4n) is 5.30. The van der Waals surface area contributed by atoms with Crippen LogP contribution in [0, 0.1) is 17.8 Å². The Hall–Kier alpha value is -3.71. The van der Waals surface area contributed by atoms with Gasteiger partial charge in [0.2, 0.25) is 0 Å². The van der Waals surface area contributed by atoms with Crippen molar-refractivity contribution in [3.8, 4) is 0 Å². The van der Waals surface area contributed by atoms with E-state index in [-0.39, 0.29) is 0 Å². The van der Waals surface area contributed by atoms with Crippen LogP contribution in [-0.2, 0) is 66.7 Å². The minimum atomic E-state index is -1.46. The van der Waals surface area contributed by atoms with E-state index in [0.29, 0.717) is 0 Å². The summed E-state index contributed by atoms with van der Waals surface area (Å²) in [6, 6.07) is 0. The van der Waals surface area contributed by atoms with Crippen LogP contribution in [0.15, 0.2) is 0 Å². The number of esters is 7. The van der Waals surface area contributed by atoms with Gasteiger partial charge in [0.25, 0.3) is 0 Å². The Morgan fingerprint density at radius 2 is 0.684 bits per heavy atom. The molecule has 0 radical (unpaired) electrons. The minimum absolute atomic E-state index is 0.434. The van der Waals surface area contributed by atoms with Gasteiger partial charge < -0.3 is 33.2 Å². The Labute approximate surface area is 218 Å². The highest BCUT2D eigenvalue weighted by atomic mass is 16.6. The van der Waals surface area contributed by atoms with Gasteiger partial charge in [-0.1, -0.05) is 0 Å². The van der Waals surface area contributed by atoms with Gasteiger partial charge in [0.1, 0.15) is 24.4 Å². The molecule has 2 saturated carbocycles. The molecule has 38 heavy (non-hydrogen) atoms. The van der Waals surface area contributed by atoms with Crippen LogP contribution < -0.4 is 0 Å². The second kappa shape index (κ2) is 12.7. The lowest BCUT2D eigenvalue weighted by Crippen LogP contribution is -2.62. The molecule has 9 atom stereocenters. The number of fused-ring (bicyclic) bond motifs is 1. The Balaban J connectivity index is 2.86. The van der Waals surface area contributed by atoms with Crippen molar-refractivity contribution in [2.24, 2.45) is 17.8 Å². The van der Waals surface area contributed by atoms with Gasteiger partial charge in [-0.05, 0) is 0 Å². The van der Waals surface area contributed by atoms with E-state index < -0.39 is 103 Å². The Bertz CT molecular complexity index is 959. The summed E-state index contributed by atoms with van der Waals surface area (Å²) in [6.07, 6.45) is -8.38. The fraction of sp³-hybridized carbons (Fsp3) is 0.708. The van der Waals surface area contributed by atoms with Crippen LogP contribution in [0.4, 0.5) is 0 Å². The lowest BCUT2D eigenvalue weighted by molar-refractivity contribution is -0.227. The molecule has 0 unspecified atom stereocenters. The zero-order chi connectivity index (χ0) is 28.9. The lowest BCUT2D eigenvalue weighted by Gasteiger charge is -2.48. The summed E-state index contributed by atoms with van der Waals surface area (Å²) in [7, 11) is 0. The van der Waals surface area contributed by atoms with Gasteiger partial charge in [-0.2, -0.15) is 0 Å². The number of rotatable bonds is 8. The second-order valence-electron chi connectivity index (χ2n) is 9.07. The molecule has 0 aliphatic heterocycles. The van der Waals surface area contributed by atoms with Gasteiger partial charge in [-0.15, -0.1) is 0 Å². The highest BCUT2D eigenvalue weighted by molar-refractivity contribution is 5.70. The smallest absolute Gasteiger partial charge is 0.303 e. The molecule has 0 aromatic heterocycles. The molecular formula is C24H32O14. The van der Waals surface area contributed by atoms with Gasteiger partial charge >= 0.3 is 41.8 Å². The first-order chi connectivity index (χ1) is 17.6. The molecule has 0 N–H and O–H groups in total. The van der Waals surface area contributed by atoms with Crippen molar-refractivity contribution in [1.82, 2.24) is 0 Å². The predicted molar refractivity (Wildman–Crippen MR) is 120 cm³/mol. The molecule has 0 aromatic carbocycles. The van der Waals surface area contributed by atoms with Crippen LogP contribution in [0.1, 0.15) is 48.5 Å². The summed E-state index contributed by atoms with van der Waals surface area (Å²) in [5.41, 5.74) is 0. The zero-order valence-corrected chi connectivity index (χ0v) is 22.1. The lowest BCUT2D eigenvalue weighted by atomic mass is 9.68. The molecule has 0 bridgehead atoms. The monoisotopic (exact) mass is 544 g/mol. The topological polar surface area (TPSA) is 184 Å². The van der Waals surface area contributed by atoms with Crippen molar-refractivity contribution in [2.75, 3.05) is 6.61 Å². The van der Waals surface area contributed by atoms with Crippen LogP contribution >= 0.6 is 0 Å². The first-order valence-corrected chi connectivity index (χ1v) is 11.8. The third-order valence-electron chi connectivity index (χ3n) is 6.09. The van der Waals surface area contributed by atoms with E-state index >= 15 is 0 Å². The number of hydrogen-bond acceptors (Lipinski definition) is 14. The maximum Gasteiger partial charge on any atom is 0.303 e. The molecule has 2 aliphatic rings. The normalized spacial score (nSPS) is 31.6. The van der Waals surface area contributed by atoms with Gasteiger partial charge in [0.05, 0.1) is 6.61 Å². The van der Waals surface area contributed by atoms with E-state index in [1.165, 1.54) is 0 Å². The Morgan fingerprint density at radius 1 is 0.395 bits per heavy atom. The highest BCUT2D eigenvalue weighted by Gasteiger charge is 2.69. The summed E-state index contributed by atoms with van der Waals surface area (Å²) in [5.74, 6) is -8.82. The fourth-order valence-corrected chi connectivity index (χ4v) is 5.30. The van der Waals surface area contributed by atoms with Gasteiger partial charge in [-0.25, -0.2) is 0 Å². The molecule has 0 saturated heterocycles. The number of ether oxygens (including phenoxy) is 7. The number of carbonyl (C=O) groups excluding carboxylic acids is 7. The molecule has 14 heteroatoms. The van der Waals surface area contributed by atoms with E-state index in [1.54, 1.807) is 0 Å². The molecule has 2 aliphatic carbocycles. The Morgan fingerprint density at radius 3 is 1.03 bits per heavy atom. The predicted octanol–water partition coefficient (Wildman–Crippen LogP) is 0.0155. The number of carbonyl (C=O) groups is 7. The Kier molecular flexibility index (Phi) is 10.2. The van der Waals surface area contributed by atoms with Crippen molar-refractivity contribution < 1.29 is 66.7 Å². The molecule has 0 aromatic rings. The zero-order valence-electron chi connectivity index (χ0n) is 22.1. The van der Waals surface area contributed by atoms with Gasteiger partial charge in [0.15, 0.2) is 12.2 Å². The van der Waals surface area contributed by atoms with Gasteiger partial charge in [0, 0.05) is 66.2 Å². The van der Waals surface area contributed by atoms with Crippen LogP contribution in [0.2, 0.25) is 0 Å². The van der Waals surface area contributed by atoms with Crippen molar-refractivity contribution in [3.05, 3.63) is 0 Å². The third kappa shape index (κ3) is 7.42. The molecule has 0 heterocycles. The molecule has 0 spiro atoms. The second-order valence-corrected chi connectivity index (χ2v) is 9.07. The quantitative estimate of drug-likeness (QED) is 0.294. The van der Waals surface area contributed by atoms with Crippen LogP contribution in [0.5, 0.6) is 0 Å². The van der Waals surface area contributed by atoms with E-state index in [0.717, 1.165) is 48.5 Å². The van der Waals surface area contributed by atoms with Crippen LogP contribution in [0.25, 0.3) is 0 Å². The summed E-state index contributed by atoms with van der Waals surface area (Å²) in [4.78, 5) is 84.5. The maximum absolute atomic E-state index is 12.2. The third-order valence-corrected chi connectivity index (χ3v) is 6.09. The summed E-state index contributed by atoms with van der Waals surface area (Å²) in [5, 5.41) is 0. The summed E-state index contributed by atoms with van der Waals surface area (Å²) in [6.45, 7) is 7.20. The molecule has 2 fully saturated rings. The summed E-state index contributed by atoms with van der Waals surface area (Å²) < 4.78 is 38.2. The van der Waals surface area contributed by atoms with Crippen molar-refractivity contribution in [2.45, 2.75) is 85.1 Å². The van der Waals surface area contributed by atoms with Crippen LogP contribution in [0.3, 0.4) is 0 Å². The SMILES string of the molecule is CC(=O)OC[C@@H]1[C@H](OC(C)=O)[C@H](OC(C)=O)[C@H](OC(C)=O)[C@H]2[C@H](OC(C)=O)[C@H](OC(C)=O)[C@H](OC(C)=O)[C@@H]12. The molecule has 212 valence electrons. The molecular weight excluding hydrogens is 512 g/mol.